The Hall–Kier alpha value is -3.09. The van der Waals surface area contributed by atoms with Crippen LogP contribution in [-0.4, -0.2) is 44.1 Å². The predicted octanol–water partition coefficient (Wildman–Crippen LogP) is 3.03. The zero-order valence-electron chi connectivity index (χ0n) is 14.1. The quantitative estimate of drug-likeness (QED) is 0.787. The second kappa shape index (κ2) is 7.03. The SMILES string of the molecule is O=C(c1cnccn1)N1CCC[C@@H](c2cc(-c3ccc(F)cc3)n[nH]2)C1. The lowest BCUT2D eigenvalue weighted by atomic mass is 9.94. The minimum Gasteiger partial charge on any atom is -0.337 e. The van der Waals surface area contributed by atoms with Crippen LogP contribution in [0.25, 0.3) is 11.3 Å². The number of aromatic nitrogens is 4. The summed E-state index contributed by atoms with van der Waals surface area (Å²) in [5, 5.41) is 7.42. The fourth-order valence-electron chi connectivity index (χ4n) is 3.30. The first kappa shape index (κ1) is 16.4. The highest BCUT2D eigenvalue weighted by Crippen LogP contribution is 2.29. The van der Waals surface area contributed by atoms with Crippen LogP contribution in [0.4, 0.5) is 4.39 Å². The van der Waals surface area contributed by atoms with Gasteiger partial charge in [-0.1, -0.05) is 0 Å². The molecule has 1 saturated heterocycles. The Kier molecular flexibility index (Phi) is 4.43. The molecule has 3 aromatic rings. The van der Waals surface area contributed by atoms with Gasteiger partial charge in [-0.05, 0) is 43.2 Å². The van der Waals surface area contributed by atoms with E-state index in [0.29, 0.717) is 18.8 Å². The third-order valence-corrected chi connectivity index (χ3v) is 4.67. The van der Waals surface area contributed by atoms with Gasteiger partial charge in [0, 0.05) is 42.7 Å². The average Bonchev–Trinajstić information content (AvgIpc) is 3.19. The van der Waals surface area contributed by atoms with Crippen molar-refractivity contribution in [2.24, 2.45) is 0 Å². The van der Waals surface area contributed by atoms with Gasteiger partial charge in [0.25, 0.3) is 5.91 Å². The first-order chi connectivity index (χ1) is 12.7. The molecule has 1 N–H and O–H groups in total. The number of carbonyl (C=O) groups is 1. The number of halogens is 1. The number of benzene rings is 1. The van der Waals surface area contributed by atoms with Crippen LogP contribution >= 0.6 is 0 Å². The molecule has 7 heteroatoms. The maximum atomic E-state index is 13.1. The number of amides is 1. The standard InChI is InChI=1S/C19H18FN5O/c20-15-5-3-13(4-6-15)16-10-17(24-23-16)14-2-1-9-25(12-14)19(26)18-11-21-7-8-22-18/h3-8,10-11,14H,1-2,9,12H2,(H,23,24)/t14-/m1/s1. The highest BCUT2D eigenvalue weighted by Gasteiger charge is 2.27. The van der Waals surface area contributed by atoms with Crippen LogP contribution in [-0.2, 0) is 0 Å². The molecule has 2 aromatic heterocycles. The van der Waals surface area contributed by atoms with E-state index in [2.05, 4.69) is 20.2 Å². The molecule has 0 radical (unpaired) electrons. The Balaban J connectivity index is 1.50. The second-order valence-corrected chi connectivity index (χ2v) is 6.40. The molecule has 1 fully saturated rings. The van der Waals surface area contributed by atoms with Crippen molar-refractivity contribution >= 4 is 5.91 Å². The van der Waals surface area contributed by atoms with Crippen molar-refractivity contribution in [2.75, 3.05) is 13.1 Å². The normalized spacial score (nSPS) is 17.3. The van der Waals surface area contributed by atoms with E-state index in [4.69, 9.17) is 0 Å². The lowest BCUT2D eigenvalue weighted by Gasteiger charge is -2.31. The fraction of sp³-hybridized carbons (Fsp3) is 0.263. The number of likely N-dealkylation sites (tertiary alicyclic amines) is 1. The van der Waals surface area contributed by atoms with Gasteiger partial charge in [-0.25, -0.2) is 9.37 Å². The summed E-state index contributed by atoms with van der Waals surface area (Å²) in [7, 11) is 0. The average molecular weight is 351 g/mol. The van der Waals surface area contributed by atoms with Crippen molar-refractivity contribution in [1.82, 2.24) is 25.1 Å². The first-order valence-electron chi connectivity index (χ1n) is 8.57. The van der Waals surface area contributed by atoms with Crippen molar-refractivity contribution < 1.29 is 9.18 Å². The molecule has 0 aliphatic carbocycles. The minimum absolute atomic E-state index is 0.0962. The molecule has 1 aliphatic heterocycles. The third kappa shape index (κ3) is 3.33. The fourth-order valence-corrected chi connectivity index (χ4v) is 3.30. The number of piperidine rings is 1. The van der Waals surface area contributed by atoms with E-state index < -0.39 is 0 Å². The van der Waals surface area contributed by atoms with Crippen LogP contribution in [0, 0.1) is 5.82 Å². The topological polar surface area (TPSA) is 74.8 Å². The number of rotatable bonds is 3. The number of nitrogens with one attached hydrogen (secondary N) is 1. The van der Waals surface area contributed by atoms with Gasteiger partial charge in [-0.15, -0.1) is 0 Å². The first-order valence-corrected chi connectivity index (χ1v) is 8.57. The van der Waals surface area contributed by atoms with E-state index >= 15 is 0 Å². The third-order valence-electron chi connectivity index (χ3n) is 4.67. The molecule has 0 bridgehead atoms. The predicted molar refractivity (Wildman–Crippen MR) is 93.9 cm³/mol. The zero-order valence-corrected chi connectivity index (χ0v) is 14.1. The molecule has 132 valence electrons. The van der Waals surface area contributed by atoms with Gasteiger partial charge in [-0.3, -0.25) is 14.9 Å². The minimum atomic E-state index is -0.269. The van der Waals surface area contributed by atoms with Gasteiger partial charge in [0.2, 0.25) is 0 Å². The summed E-state index contributed by atoms with van der Waals surface area (Å²) in [4.78, 5) is 22.5. The van der Waals surface area contributed by atoms with Gasteiger partial charge in [-0.2, -0.15) is 5.10 Å². The summed E-state index contributed by atoms with van der Waals surface area (Å²) in [5.41, 5.74) is 2.99. The van der Waals surface area contributed by atoms with Crippen LogP contribution in [0.15, 0.2) is 48.9 Å². The molecule has 4 rings (SSSR count). The lowest BCUT2D eigenvalue weighted by molar-refractivity contribution is 0.0699. The van der Waals surface area contributed by atoms with E-state index in [1.54, 1.807) is 18.3 Å². The Morgan fingerprint density at radius 1 is 1.23 bits per heavy atom. The van der Waals surface area contributed by atoms with Gasteiger partial charge in [0.1, 0.15) is 11.5 Å². The maximum Gasteiger partial charge on any atom is 0.274 e. The number of aromatic amines is 1. The van der Waals surface area contributed by atoms with Crippen molar-refractivity contribution in [2.45, 2.75) is 18.8 Å². The highest BCUT2D eigenvalue weighted by molar-refractivity contribution is 5.92. The second-order valence-electron chi connectivity index (χ2n) is 6.40. The molecule has 1 aliphatic rings. The van der Waals surface area contributed by atoms with Crippen molar-refractivity contribution in [3.05, 3.63) is 66.1 Å². The molecule has 26 heavy (non-hydrogen) atoms. The molecule has 3 heterocycles. The Bertz CT molecular complexity index is 894. The number of H-pyrrole nitrogens is 1. The van der Waals surface area contributed by atoms with E-state index in [1.165, 1.54) is 24.5 Å². The summed E-state index contributed by atoms with van der Waals surface area (Å²) in [6.45, 7) is 1.32. The van der Waals surface area contributed by atoms with Crippen LogP contribution in [0.3, 0.4) is 0 Å². The smallest absolute Gasteiger partial charge is 0.274 e. The van der Waals surface area contributed by atoms with E-state index in [9.17, 15) is 9.18 Å². The zero-order chi connectivity index (χ0) is 17.9. The Morgan fingerprint density at radius 3 is 2.85 bits per heavy atom. The maximum absolute atomic E-state index is 13.1. The summed E-state index contributed by atoms with van der Waals surface area (Å²) < 4.78 is 13.1. The van der Waals surface area contributed by atoms with Gasteiger partial charge >= 0.3 is 0 Å². The molecule has 6 nitrogen and oxygen atoms in total. The van der Waals surface area contributed by atoms with E-state index in [0.717, 1.165) is 29.8 Å². The Morgan fingerprint density at radius 2 is 2.08 bits per heavy atom. The monoisotopic (exact) mass is 351 g/mol. The number of nitrogens with zero attached hydrogens (tertiary/aromatic N) is 4. The molecule has 1 aromatic carbocycles. The van der Waals surface area contributed by atoms with Crippen LogP contribution in [0.5, 0.6) is 0 Å². The molecular formula is C19H18FN5O. The number of carbonyl (C=O) groups excluding carboxylic acids is 1. The van der Waals surface area contributed by atoms with Crippen LogP contribution in [0.1, 0.15) is 34.9 Å². The summed E-state index contributed by atoms with van der Waals surface area (Å²) in [6, 6.07) is 8.24. The molecule has 1 atom stereocenters. The van der Waals surface area contributed by atoms with Crippen molar-refractivity contribution in [3.8, 4) is 11.3 Å². The van der Waals surface area contributed by atoms with Crippen LogP contribution in [0.2, 0.25) is 0 Å². The molecular weight excluding hydrogens is 333 g/mol. The van der Waals surface area contributed by atoms with Gasteiger partial charge in [0.05, 0.1) is 11.9 Å². The summed E-state index contributed by atoms with van der Waals surface area (Å²) in [5.74, 6) is -0.179. The lowest BCUT2D eigenvalue weighted by Crippen LogP contribution is -2.39. The molecule has 0 saturated carbocycles. The molecule has 1 amide bonds. The largest absolute Gasteiger partial charge is 0.337 e. The summed E-state index contributed by atoms with van der Waals surface area (Å²) in [6.07, 6.45) is 6.47. The molecule has 0 unspecified atom stereocenters. The van der Waals surface area contributed by atoms with Gasteiger partial charge < -0.3 is 4.90 Å². The Labute approximate surface area is 150 Å². The molecule has 0 spiro atoms. The van der Waals surface area contributed by atoms with Crippen molar-refractivity contribution in [3.63, 3.8) is 0 Å². The van der Waals surface area contributed by atoms with Gasteiger partial charge in [0.15, 0.2) is 0 Å². The number of hydrogen-bond donors (Lipinski definition) is 1. The van der Waals surface area contributed by atoms with E-state index in [-0.39, 0.29) is 17.6 Å². The highest BCUT2D eigenvalue weighted by atomic mass is 19.1. The summed E-state index contributed by atoms with van der Waals surface area (Å²) >= 11 is 0. The van der Waals surface area contributed by atoms with Crippen molar-refractivity contribution in [1.29, 1.82) is 0 Å². The number of hydrogen-bond acceptors (Lipinski definition) is 4. The van der Waals surface area contributed by atoms with Crippen LogP contribution < -0.4 is 0 Å². The van der Waals surface area contributed by atoms with E-state index in [1.807, 2.05) is 11.0 Å².